The third-order valence-corrected chi connectivity index (χ3v) is 4.16. The van der Waals surface area contributed by atoms with Crippen molar-refractivity contribution in [3.05, 3.63) is 22.4 Å². The van der Waals surface area contributed by atoms with Crippen molar-refractivity contribution >= 4 is 21.8 Å². The van der Waals surface area contributed by atoms with Crippen LogP contribution in [0.4, 0.5) is 13.2 Å². The van der Waals surface area contributed by atoms with Gasteiger partial charge in [0.2, 0.25) is 0 Å². The molecule has 1 saturated carbocycles. The largest absolute Gasteiger partial charge is 0.391 e. The Hall–Kier alpha value is -0.980. The number of aryl methyl sites for hydroxylation is 1. The lowest BCUT2D eigenvalue weighted by atomic mass is 9.85. The molecule has 1 heterocycles. The van der Waals surface area contributed by atoms with Crippen molar-refractivity contribution in [2.45, 2.75) is 37.9 Å². The summed E-state index contributed by atoms with van der Waals surface area (Å²) < 4.78 is 40.1. The van der Waals surface area contributed by atoms with Crippen LogP contribution in [0.3, 0.4) is 0 Å². The van der Waals surface area contributed by atoms with Crippen molar-refractivity contribution in [1.29, 1.82) is 0 Å². The van der Waals surface area contributed by atoms with Crippen LogP contribution >= 0.6 is 15.9 Å². The molecule has 1 aliphatic rings. The van der Waals surface area contributed by atoms with Gasteiger partial charge >= 0.3 is 6.18 Å². The monoisotopic (exact) mass is 352 g/mol. The number of rotatable bonds is 2. The summed E-state index contributed by atoms with van der Waals surface area (Å²) in [6.45, 7) is 0. The Bertz CT molecular complexity index is 490. The normalized spacial score (nSPS) is 23.6. The van der Waals surface area contributed by atoms with Gasteiger partial charge in [0.25, 0.3) is 5.91 Å². The van der Waals surface area contributed by atoms with Crippen LogP contribution in [-0.4, -0.2) is 22.7 Å². The maximum absolute atomic E-state index is 12.6. The molecule has 1 aromatic heterocycles. The van der Waals surface area contributed by atoms with Crippen LogP contribution < -0.4 is 5.32 Å². The van der Waals surface area contributed by atoms with E-state index in [0.29, 0.717) is 18.5 Å². The number of amides is 1. The first-order chi connectivity index (χ1) is 9.27. The SMILES string of the molecule is Cn1cc(Br)cc1C(=O)NC1CCC(C(F)(F)F)CC1. The van der Waals surface area contributed by atoms with Crippen LogP contribution in [0.15, 0.2) is 16.7 Å². The van der Waals surface area contributed by atoms with Crippen LogP contribution in [0, 0.1) is 5.92 Å². The van der Waals surface area contributed by atoms with E-state index < -0.39 is 12.1 Å². The molecule has 0 aromatic carbocycles. The molecule has 1 N–H and O–H groups in total. The Morgan fingerprint density at radius 3 is 2.40 bits per heavy atom. The zero-order valence-electron chi connectivity index (χ0n) is 11.0. The quantitative estimate of drug-likeness (QED) is 0.866. The van der Waals surface area contributed by atoms with E-state index in [2.05, 4.69) is 21.2 Å². The number of nitrogens with zero attached hydrogens (tertiary/aromatic N) is 1. The maximum atomic E-state index is 12.6. The van der Waals surface area contributed by atoms with E-state index in [9.17, 15) is 18.0 Å². The van der Waals surface area contributed by atoms with Gasteiger partial charge in [0, 0.05) is 23.8 Å². The van der Waals surface area contributed by atoms with Crippen molar-refractivity contribution < 1.29 is 18.0 Å². The second-order valence-corrected chi connectivity index (χ2v) is 6.13. The molecule has 1 aliphatic carbocycles. The molecular weight excluding hydrogens is 337 g/mol. The molecular formula is C13H16BrF3N2O. The molecule has 1 fully saturated rings. The molecule has 20 heavy (non-hydrogen) atoms. The van der Waals surface area contributed by atoms with Crippen LogP contribution in [-0.2, 0) is 7.05 Å². The van der Waals surface area contributed by atoms with Gasteiger partial charge in [-0.25, -0.2) is 0 Å². The lowest BCUT2D eigenvalue weighted by molar-refractivity contribution is -0.182. The van der Waals surface area contributed by atoms with Crippen LogP contribution in [0.2, 0.25) is 0 Å². The summed E-state index contributed by atoms with van der Waals surface area (Å²) in [5.74, 6) is -1.46. The number of aromatic nitrogens is 1. The number of hydrogen-bond donors (Lipinski definition) is 1. The van der Waals surface area contributed by atoms with Gasteiger partial charge in [-0.3, -0.25) is 4.79 Å². The number of hydrogen-bond acceptors (Lipinski definition) is 1. The van der Waals surface area contributed by atoms with Crippen molar-refractivity contribution in [2.24, 2.45) is 13.0 Å². The number of halogens is 4. The molecule has 1 aromatic rings. The second kappa shape index (κ2) is 5.79. The first-order valence-electron chi connectivity index (χ1n) is 6.47. The van der Waals surface area contributed by atoms with Gasteiger partial charge in [-0.05, 0) is 47.7 Å². The van der Waals surface area contributed by atoms with Gasteiger partial charge in [-0.2, -0.15) is 13.2 Å². The standard InChI is InChI=1S/C13H16BrF3N2O/c1-19-7-9(14)6-11(19)12(20)18-10-4-2-8(3-5-10)13(15,16)17/h6-8,10H,2-5H2,1H3,(H,18,20). The van der Waals surface area contributed by atoms with Gasteiger partial charge in [0.05, 0.1) is 5.92 Å². The number of nitrogens with one attached hydrogen (secondary N) is 1. The first kappa shape index (κ1) is 15.4. The first-order valence-corrected chi connectivity index (χ1v) is 7.26. The Balaban J connectivity index is 1.90. The van der Waals surface area contributed by atoms with Crippen molar-refractivity contribution in [3.8, 4) is 0 Å². The average Bonchev–Trinajstić information content (AvgIpc) is 2.68. The average molecular weight is 353 g/mol. The Morgan fingerprint density at radius 1 is 1.35 bits per heavy atom. The van der Waals surface area contributed by atoms with Gasteiger partial charge in [-0.15, -0.1) is 0 Å². The molecule has 7 heteroatoms. The maximum Gasteiger partial charge on any atom is 0.391 e. The Morgan fingerprint density at radius 2 is 1.95 bits per heavy atom. The zero-order chi connectivity index (χ0) is 14.9. The minimum Gasteiger partial charge on any atom is -0.348 e. The van der Waals surface area contributed by atoms with E-state index in [1.807, 2.05) is 0 Å². The molecule has 0 bridgehead atoms. The van der Waals surface area contributed by atoms with Crippen molar-refractivity contribution in [3.63, 3.8) is 0 Å². The topological polar surface area (TPSA) is 34.0 Å². The molecule has 0 atom stereocenters. The van der Waals surface area contributed by atoms with Gasteiger partial charge in [-0.1, -0.05) is 0 Å². The van der Waals surface area contributed by atoms with Crippen molar-refractivity contribution in [1.82, 2.24) is 9.88 Å². The van der Waals surface area contributed by atoms with Crippen LogP contribution in [0.1, 0.15) is 36.2 Å². The fourth-order valence-corrected chi connectivity index (χ4v) is 3.10. The summed E-state index contributed by atoms with van der Waals surface area (Å²) in [6, 6.07) is 1.52. The highest BCUT2D eigenvalue weighted by Gasteiger charge is 2.41. The molecule has 0 radical (unpaired) electrons. The number of alkyl halides is 3. The minimum atomic E-state index is -4.11. The molecule has 0 saturated heterocycles. The van der Waals surface area contributed by atoms with Crippen molar-refractivity contribution in [2.75, 3.05) is 0 Å². The summed E-state index contributed by atoms with van der Waals surface area (Å²) in [4.78, 5) is 12.1. The summed E-state index contributed by atoms with van der Waals surface area (Å²) >= 11 is 3.28. The summed E-state index contributed by atoms with van der Waals surface area (Å²) in [5, 5.41) is 2.81. The van der Waals surface area contributed by atoms with Gasteiger partial charge in [0.15, 0.2) is 0 Å². The third kappa shape index (κ3) is 3.56. The van der Waals surface area contributed by atoms with E-state index >= 15 is 0 Å². The fourth-order valence-electron chi connectivity index (χ4n) is 2.57. The number of carbonyl (C=O) groups excluding carboxylic acids is 1. The molecule has 0 aliphatic heterocycles. The van der Waals surface area contributed by atoms with Gasteiger partial charge < -0.3 is 9.88 Å². The van der Waals surface area contributed by atoms with E-state index in [1.165, 1.54) is 0 Å². The highest BCUT2D eigenvalue weighted by molar-refractivity contribution is 9.10. The zero-order valence-corrected chi connectivity index (χ0v) is 12.6. The molecule has 3 nitrogen and oxygen atoms in total. The summed E-state index contributed by atoms with van der Waals surface area (Å²) in [7, 11) is 1.75. The predicted octanol–water partition coefficient (Wildman–Crippen LogP) is 3.64. The van der Waals surface area contributed by atoms with E-state index in [4.69, 9.17) is 0 Å². The van der Waals surface area contributed by atoms with E-state index in [0.717, 1.165) is 4.47 Å². The molecule has 0 spiro atoms. The van der Waals surface area contributed by atoms with Crippen LogP contribution in [0.25, 0.3) is 0 Å². The number of carbonyl (C=O) groups is 1. The predicted molar refractivity (Wildman–Crippen MR) is 72.4 cm³/mol. The van der Waals surface area contributed by atoms with E-state index in [1.54, 1.807) is 23.9 Å². The van der Waals surface area contributed by atoms with Gasteiger partial charge in [0.1, 0.15) is 5.69 Å². The highest BCUT2D eigenvalue weighted by Crippen LogP contribution is 2.37. The second-order valence-electron chi connectivity index (χ2n) is 5.22. The lowest BCUT2D eigenvalue weighted by Gasteiger charge is -2.30. The molecule has 112 valence electrons. The Kier molecular flexibility index (Phi) is 4.46. The highest BCUT2D eigenvalue weighted by atomic mass is 79.9. The minimum absolute atomic E-state index is 0.0886. The van der Waals surface area contributed by atoms with E-state index in [-0.39, 0.29) is 24.8 Å². The fraction of sp³-hybridized carbons (Fsp3) is 0.615. The third-order valence-electron chi connectivity index (χ3n) is 3.73. The van der Waals surface area contributed by atoms with Crippen LogP contribution in [0.5, 0.6) is 0 Å². The smallest absolute Gasteiger partial charge is 0.348 e. The molecule has 2 rings (SSSR count). The molecule has 1 amide bonds. The summed E-state index contributed by atoms with van der Waals surface area (Å²) in [5.41, 5.74) is 0.495. The Labute approximate surface area is 123 Å². The summed E-state index contributed by atoms with van der Waals surface area (Å²) in [6.07, 6.45) is -1.42. The molecule has 0 unspecified atom stereocenters. The lowest BCUT2D eigenvalue weighted by Crippen LogP contribution is -2.40.